The number of anilines is 1. The maximum absolute atomic E-state index is 10.4. The largest absolute Gasteiger partial charge is 0.411 e. The van der Waals surface area contributed by atoms with Crippen LogP contribution >= 0.6 is 0 Å². The molecular weight excluding hydrogens is 318 g/mol. The standard InChI is InChI=1S/C14H19N5O5/c1-14(23-2)10(21)8(5-20)24-13(14)19-4-7(3-18-22)9-11(15)16-6-17-12(9)19/h3-4,6,8,10,13,20-22H,5H2,1-2H3,(H2,15,16,17)/b18-3+/t8-,10-,13-,14-/m1/s1. The fraction of sp³-hybridized carbons (Fsp3) is 0.500. The number of nitrogens with zero attached hydrogens (tertiary/aromatic N) is 4. The van der Waals surface area contributed by atoms with Crippen LogP contribution in [0.1, 0.15) is 18.7 Å². The lowest BCUT2D eigenvalue weighted by Gasteiger charge is -2.31. The molecule has 130 valence electrons. The molecule has 0 unspecified atom stereocenters. The number of aromatic nitrogens is 3. The van der Waals surface area contributed by atoms with Gasteiger partial charge in [-0.15, -0.1) is 0 Å². The first-order chi connectivity index (χ1) is 11.5. The summed E-state index contributed by atoms with van der Waals surface area (Å²) in [4.78, 5) is 8.16. The molecule has 1 saturated heterocycles. The lowest BCUT2D eigenvalue weighted by molar-refractivity contribution is -0.118. The second kappa shape index (κ2) is 5.98. The van der Waals surface area contributed by atoms with E-state index in [9.17, 15) is 10.2 Å². The van der Waals surface area contributed by atoms with E-state index in [0.29, 0.717) is 16.6 Å². The Balaban J connectivity index is 2.21. The van der Waals surface area contributed by atoms with E-state index in [4.69, 9.17) is 20.4 Å². The van der Waals surface area contributed by atoms with E-state index >= 15 is 0 Å². The number of hydrogen-bond donors (Lipinski definition) is 4. The van der Waals surface area contributed by atoms with Crippen LogP contribution < -0.4 is 5.73 Å². The maximum Gasteiger partial charge on any atom is 0.167 e. The Bertz CT molecular complexity index is 778. The van der Waals surface area contributed by atoms with E-state index in [1.54, 1.807) is 17.7 Å². The van der Waals surface area contributed by atoms with Crippen LogP contribution in [-0.4, -0.2) is 67.7 Å². The molecule has 10 heteroatoms. The molecular formula is C14H19N5O5. The van der Waals surface area contributed by atoms with Gasteiger partial charge in [-0.3, -0.25) is 0 Å². The smallest absolute Gasteiger partial charge is 0.167 e. The van der Waals surface area contributed by atoms with Crippen molar-refractivity contribution in [1.29, 1.82) is 0 Å². The van der Waals surface area contributed by atoms with Crippen LogP contribution in [-0.2, 0) is 9.47 Å². The summed E-state index contributed by atoms with van der Waals surface area (Å²) in [5.74, 6) is 0.213. The second-order valence-electron chi connectivity index (χ2n) is 5.74. The van der Waals surface area contributed by atoms with Crippen LogP contribution in [0, 0.1) is 0 Å². The molecule has 1 fully saturated rings. The Kier molecular flexibility index (Phi) is 4.13. The first-order valence-corrected chi connectivity index (χ1v) is 7.25. The van der Waals surface area contributed by atoms with Gasteiger partial charge in [0.15, 0.2) is 6.23 Å². The molecule has 0 spiro atoms. The highest BCUT2D eigenvalue weighted by Crippen LogP contribution is 2.42. The molecule has 2 aromatic rings. The van der Waals surface area contributed by atoms with E-state index < -0.39 is 24.0 Å². The van der Waals surface area contributed by atoms with E-state index in [2.05, 4.69) is 15.1 Å². The summed E-state index contributed by atoms with van der Waals surface area (Å²) in [6, 6.07) is 0. The zero-order chi connectivity index (χ0) is 17.5. The summed E-state index contributed by atoms with van der Waals surface area (Å²) in [5.41, 5.74) is 5.69. The van der Waals surface area contributed by atoms with Gasteiger partial charge in [0.2, 0.25) is 0 Å². The zero-order valence-electron chi connectivity index (χ0n) is 13.2. The lowest BCUT2D eigenvalue weighted by Crippen LogP contribution is -2.46. The molecule has 1 aliphatic rings. The predicted molar refractivity (Wildman–Crippen MR) is 83.7 cm³/mol. The van der Waals surface area contributed by atoms with Crippen molar-refractivity contribution in [3.05, 3.63) is 18.1 Å². The summed E-state index contributed by atoms with van der Waals surface area (Å²) in [5, 5.41) is 32.2. The summed E-state index contributed by atoms with van der Waals surface area (Å²) in [6.45, 7) is 1.31. The first kappa shape index (κ1) is 16.6. The minimum Gasteiger partial charge on any atom is -0.411 e. The number of nitrogens with two attached hydrogens (primary N) is 1. The van der Waals surface area contributed by atoms with E-state index in [0.717, 1.165) is 0 Å². The van der Waals surface area contributed by atoms with Gasteiger partial charge in [0, 0.05) is 18.9 Å². The highest BCUT2D eigenvalue weighted by Gasteiger charge is 2.54. The third kappa shape index (κ3) is 2.23. The average Bonchev–Trinajstić information content (AvgIpc) is 3.06. The number of oxime groups is 1. The minimum atomic E-state index is -1.13. The van der Waals surface area contributed by atoms with Crippen molar-refractivity contribution in [2.24, 2.45) is 5.16 Å². The van der Waals surface area contributed by atoms with E-state index in [1.807, 2.05) is 0 Å². The number of hydrogen-bond acceptors (Lipinski definition) is 9. The summed E-state index contributed by atoms with van der Waals surface area (Å²) in [7, 11) is 1.45. The normalized spacial score (nSPS) is 30.6. The molecule has 1 aliphatic heterocycles. The Morgan fingerprint density at radius 3 is 2.92 bits per heavy atom. The Morgan fingerprint density at radius 2 is 2.29 bits per heavy atom. The van der Waals surface area contributed by atoms with Crippen LogP contribution in [0.5, 0.6) is 0 Å². The van der Waals surface area contributed by atoms with Crippen LogP contribution in [0.25, 0.3) is 11.0 Å². The van der Waals surface area contributed by atoms with E-state index in [-0.39, 0.29) is 12.4 Å². The number of fused-ring (bicyclic) bond motifs is 1. The van der Waals surface area contributed by atoms with Crippen LogP contribution in [0.2, 0.25) is 0 Å². The Hall–Kier alpha value is -2.27. The van der Waals surface area contributed by atoms with Gasteiger partial charge in [0.05, 0.1) is 18.2 Å². The second-order valence-corrected chi connectivity index (χ2v) is 5.74. The van der Waals surface area contributed by atoms with Crippen molar-refractivity contribution in [2.75, 3.05) is 19.5 Å². The monoisotopic (exact) mass is 337 g/mol. The highest BCUT2D eigenvalue weighted by molar-refractivity contribution is 6.02. The Labute approximate surface area is 137 Å². The van der Waals surface area contributed by atoms with Gasteiger partial charge < -0.3 is 35.2 Å². The van der Waals surface area contributed by atoms with Crippen LogP contribution in [0.4, 0.5) is 5.82 Å². The molecule has 0 aliphatic carbocycles. The number of methoxy groups -OCH3 is 1. The van der Waals surface area contributed by atoms with Crippen molar-refractivity contribution in [1.82, 2.24) is 14.5 Å². The van der Waals surface area contributed by atoms with Gasteiger partial charge in [-0.25, -0.2) is 9.97 Å². The van der Waals surface area contributed by atoms with Gasteiger partial charge in [0.1, 0.15) is 35.6 Å². The summed E-state index contributed by atoms with van der Waals surface area (Å²) >= 11 is 0. The number of rotatable bonds is 4. The van der Waals surface area contributed by atoms with E-state index in [1.165, 1.54) is 19.7 Å². The zero-order valence-corrected chi connectivity index (χ0v) is 13.2. The third-order valence-corrected chi connectivity index (χ3v) is 4.47. The van der Waals surface area contributed by atoms with Crippen LogP contribution in [0.3, 0.4) is 0 Å². The number of nitrogen functional groups attached to an aromatic ring is 1. The van der Waals surface area contributed by atoms with Gasteiger partial charge in [-0.1, -0.05) is 5.16 Å². The molecule has 10 nitrogen and oxygen atoms in total. The summed E-state index contributed by atoms with van der Waals surface area (Å²) in [6.07, 6.45) is 1.47. The molecule has 2 aromatic heterocycles. The molecule has 3 rings (SSSR count). The SMILES string of the molecule is CO[C@]1(C)[C@H](O)[C@@H](CO)O[C@H]1n1cc(/C=N/O)c2c(N)ncnc21. The quantitative estimate of drug-likeness (QED) is 0.331. The highest BCUT2D eigenvalue weighted by atomic mass is 16.6. The number of aliphatic hydroxyl groups is 2. The fourth-order valence-corrected chi connectivity index (χ4v) is 3.07. The fourth-order valence-electron chi connectivity index (χ4n) is 3.07. The molecule has 0 aromatic carbocycles. The number of aliphatic hydroxyl groups excluding tert-OH is 2. The molecule has 5 N–H and O–H groups in total. The summed E-state index contributed by atoms with van der Waals surface area (Å²) < 4.78 is 12.9. The Morgan fingerprint density at radius 1 is 1.54 bits per heavy atom. The van der Waals surface area contributed by atoms with Crippen molar-refractivity contribution in [3.8, 4) is 0 Å². The third-order valence-electron chi connectivity index (χ3n) is 4.47. The molecule has 0 bridgehead atoms. The molecule has 24 heavy (non-hydrogen) atoms. The van der Waals surface area contributed by atoms with Crippen molar-refractivity contribution in [3.63, 3.8) is 0 Å². The lowest BCUT2D eigenvalue weighted by atomic mass is 9.96. The minimum absolute atomic E-state index is 0.213. The molecule has 3 heterocycles. The average molecular weight is 337 g/mol. The predicted octanol–water partition coefficient (Wildman–Crippen LogP) is -0.523. The van der Waals surface area contributed by atoms with Crippen molar-refractivity contribution >= 4 is 23.1 Å². The van der Waals surface area contributed by atoms with Crippen LogP contribution in [0.15, 0.2) is 17.7 Å². The molecule has 0 radical (unpaired) electrons. The first-order valence-electron chi connectivity index (χ1n) is 7.25. The molecule has 0 amide bonds. The molecule has 4 atom stereocenters. The topological polar surface area (TPSA) is 148 Å². The van der Waals surface area contributed by atoms with Gasteiger partial charge in [0.25, 0.3) is 0 Å². The van der Waals surface area contributed by atoms with Gasteiger partial charge in [-0.2, -0.15) is 0 Å². The maximum atomic E-state index is 10.4. The van der Waals surface area contributed by atoms with Crippen molar-refractivity contribution in [2.45, 2.75) is 31.0 Å². The van der Waals surface area contributed by atoms with Gasteiger partial charge in [-0.05, 0) is 6.92 Å². The van der Waals surface area contributed by atoms with Gasteiger partial charge >= 0.3 is 0 Å². The van der Waals surface area contributed by atoms with Crippen molar-refractivity contribution < 1.29 is 24.9 Å². The number of ether oxygens (including phenoxy) is 2. The molecule has 0 saturated carbocycles.